The molecule has 7 heteroatoms. The molecule has 1 rings (SSSR count). The van der Waals surface area contributed by atoms with Crippen molar-refractivity contribution >= 4 is 35.0 Å². The van der Waals surface area contributed by atoms with Gasteiger partial charge in [-0.2, -0.15) is 0 Å². The molecule has 0 unspecified atom stereocenters. The third-order valence-corrected chi connectivity index (χ3v) is 2.62. The smallest absolute Gasteiger partial charge is 0.343 e. The lowest BCUT2D eigenvalue weighted by molar-refractivity contribution is -0.124. The number of hydrogen-bond donors (Lipinski definition) is 1. The molecule has 1 aromatic rings. The zero-order valence-corrected chi connectivity index (χ0v) is 10.9. The minimum Gasteiger partial charge on any atom is -0.494 e. The molecule has 0 saturated heterocycles. The van der Waals surface area contributed by atoms with Gasteiger partial charge in [0.25, 0.3) is 0 Å². The molecule has 0 atom stereocenters. The molecule has 0 amide bonds. The number of esters is 1. The van der Waals surface area contributed by atoms with Crippen LogP contribution in [0.1, 0.15) is 10.4 Å². The first-order valence-electron chi connectivity index (χ1n) is 4.83. The van der Waals surface area contributed by atoms with E-state index in [2.05, 4.69) is 4.74 Å². The highest BCUT2D eigenvalue weighted by Crippen LogP contribution is 2.34. The maximum atomic E-state index is 11.7. The summed E-state index contributed by atoms with van der Waals surface area (Å²) in [4.78, 5) is 22.6. The summed E-state index contributed by atoms with van der Waals surface area (Å²) in [5.41, 5.74) is -0.0580. The molecule has 0 aliphatic carbocycles. The SMILES string of the molecule is COc1c(Cl)ccc(Cl)c1C(=O)OCC(=O)CO. The van der Waals surface area contributed by atoms with E-state index in [-0.39, 0.29) is 21.4 Å². The van der Waals surface area contributed by atoms with Gasteiger partial charge < -0.3 is 14.6 Å². The van der Waals surface area contributed by atoms with Crippen molar-refractivity contribution in [1.29, 1.82) is 0 Å². The van der Waals surface area contributed by atoms with Crippen molar-refractivity contribution in [1.82, 2.24) is 0 Å². The van der Waals surface area contributed by atoms with Gasteiger partial charge in [-0.05, 0) is 12.1 Å². The molecule has 98 valence electrons. The van der Waals surface area contributed by atoms with Crippen LogP contribution < -0.4 is 4.74 Å². The van der Waals surface area contributed by atoms with E-state index in [1.165, 1.54) is 19.2 Å². The van der Waals surface area contributed by atoms with Crippen LogP contribution in [0.25, 0.3) is 0 Å². The zero-order valence-electron chi connectivity index (χ0n) is 9.41. The van der Waals surface area contributed by atoms with Gasteiger partial charge >= 0.3 is 5.97 Å². The zero-order chi connectivity index (χ0) is 13.7. The van der Waals surface area contributed by atoms with Crippen molar-refractivity contribution in [3.05, 3.63) is 27.7 Å². The number of ketones is 1. The van der Waals surface area contributed by atoms with Crippen molar-refractivity contribution in [2.75, 3.05) is 20.3 Å². The van der Waals surface area contributed by atoms with E-state index >= 15 is 0 Å². The molecular weight excluding hydrogens is 283 g/mol. The highest BCUT2D eigenvalue weighted by Gasteiger charge is 2.21. The summed E-state index contributed by atoms with van der Waals surface area (Å²) in [5, 5.41) is 8.80. The minimum atomic E-state index is -0.846. The van der Waals surface area contributed by atoms with Gasteiger partial charge in [-0.1, -0.05) is 23.2 Å². The number of halogens is 2. The molecule has 1 aromatic carbocycles. The molecule has 0 heterocycles. The molecule has 1 N–H and O–H groups in total. The molecule has 0 spiro atoms. The lowest BCUT2D eigenvalue weighted by Crippen LogP contribution is -2.17. The maximum Gasteiger partial charge on any atom is 0.343 e. The normalized spacial score (nSPS) is 10.0. The number of Topliss-reactive ketones (excluding diaryl/α,β-unsaturated/α-hetero) is 1. The number of benzene rings is 1. The van der Waals surface area contributed by atoms with E-state index in [9.17, 15) is 9.59 Å². The van der Waals surface area contributed by atoms with Crippen LogP contribution in [-0.2, 0) is 9.53 Å². The molecular formula is C11H10Cl2O5. The summed E-state index contributed by atoms with van der Waals surface area (Å²) in [7, 11) is 1.33. The second kappa shape index (κ2) is 6.58. The van der Waals surface area contributed by atoms with Gasteiger partial charge in [0.1, 0.15) is 12.2 Å². The van der Waals surface area contributed by atoms with Crippen LogP contribution >= 0.6 is 23.2 Å². The first kappa shape index (κ1) is 14.8. The van der Waals surface area contributed by atoms with Crippen LogP contribution in [0.4, 0.5) is 0 Å². The molecule has 0 saturated carbocycles. The maximum absolute atomic E-state index is 11.7. The highest BCUT2D eigenvalue weighted by atomic mass is 35.5. The number of aliphatic hydroxyl groups excluding tert-OH is 1. The Kier molecular flexibility index (Phi) is 5.40. The fourth-order valence-corrected chi connectivity index (χ4v) is 1.65. The molecule has 0 aliphatic rings. The first-order valence-corrected chi connectivity index (χ1v) is 5.58. The number of ether oxygens (including phenoxy) is 2. The Morgan fingerprint density at radius 1 is 1.28 bits per heavy atom. The topological polar surface area (TPSA) is 72.8 Å². The number of methoxy groups -OCH3 is 1. The minimum absolute atomic E-state index is 0.0580. The number of aliphatic hydroxyl groups is 1. The number of hydrogen-bond acceptors (Lipinski definition) is 5. The van der Waals surface area contributed by atoms with Gasteiger partial charge in [0.05, 0.1) is 17.2 Å². The summed E-state index contributed by atoms with van der Waals surface area (Å²) in [6, 6.07) is 2.88. The molecule has 0 radical (unpaired) electrons. The molecule has 0 bridgehead atoms. The van der Waals surface area contributed by atoms with Crippen LogP contribution in [0.3, 0.4) is 0 Å². The number of carbonyl (C=O) groups excluding carboxylic acids is 2. The Balaban J connectivity index is 2.98. The quantitative estimate of drug-likeness (QED) is 0.837. The van der Waals surface area contributed by atoms with Gasteiger partial charge in [0, 0.05) is 0 Å². The van der Waals surface area contributed by atoms with Crippen LogP contribution in [0.15, 0.2) is 12.1 Å². The van der Waals surface area contributed by atoms with E-state index < -0.39 is 25.0 Å². The Bertz CT molecular complexity index is 473. The Labute approximate surface area is 113 Å². The van der Waals surface area contributed by atoms with Crippen molar-refractivity contribution < 1.29 is 24.2 Å². The highest BCUT2D eigenvalue weighted by molar-refractivity contribution is 6.37. The summed E-state index contributed by atoms with van der Waals surface area (Å²) >= 11 is 11.7. The van der Waals surface area contributed by atoms with E-state index in [4.69, 9.17) is 33.0 Å². The van der Waals surface area contributed by atoms with Crippen molar-refractivity contribution in [3.8, 4) is 5.75 Å². The van der Waals surface area contributed by atoms with Gasteiger partial charge in [-0.25, -0.2) is 4.79 Å². The third-order valence-electron chi connectivity index (χ3n) is 2.01. The fraction of sp³-hybridized carbons (Fsp3) is 0.273. The van der Waals surface area contributed by atoms with E-state index in [0.29, 0.717) is 0 Å². The Morgan fingerprint density at radius 3 is 2.44 bits per heavy atom. The standard InChI is InChI=1S/C11H10Cl2O5/c1-17-10-8(13)3-2-7(12)9(10)11(16)18-5-6(15)4-14/h2-3,14H,4-5H2,1H3. The Hall–Kier alpha value is -1.30. The first-order chi connectivity index (χ1) is 8.51. The fourth-order valence-electron chi connectivity index (χ4n) is 1.19. The summed E-state index contributed by atoms with van der Waals surface area (Å²) < 4.78 is 9.65. The number of carbonyl (C=O) groups is 2. The van der Waals surface area contributed by atoms with Gasteiger partial charge in [0.2, 0.25) is 0 Å². The molecule has 0 aromatic heterocycles. The summed E-state index contributed by atoms with van der Waals surface area (Å²) in [5.74, 6) is -1.40. The van der Waals surface area contributed by atoms with Crippen LogP contribution in [0, 0.1) is 0 Å². The lowest BCUT2D eigenvalue weighted by Gasteiger charge is -2.11. The average Bonchev–Trinajstić information content (AvgIpc) is 2.37. The number of rotatable bonds is 5. The second-order valence-corrected chi connectivity index (χ2v) is 4.02. The van der Waals surface area contributed by atoms with Crippen molar-refractivity contribution in [3.63, 3.8) is 0 Å². The van der Waals surface area contributed by atoms with E-state index in [1.807, 2.05) is 0 Å². The molecule has 0 fully saturated rings. The molecule has 0 aliphatic heterocycles. The summed E-state index contributed by atoms with van der Waals surface area (Å²) in [6.07, 6.45) is 0. The monoisotopic (exact) mass is 292 g/mol. The average molecular weight is 293 g/mol. The van der Waals surface area contributed by atoms with E-state index in [1.54, 1.807) is 0 Å². The second-order valence-electron chi connectivity index (χ2n) is 3.21. The summed E-state index contributed by atoms with van der Waals surface area (Å²) in [6.45, 7) is -1.24. The molecule has 5 nitrogen and oxygen atoms in total. The predicted molar refractivity (Wildman–Crippen MR) is 65.4 cm³/mol. The van der Waals surface area contributed by atoms with Gasteiger partial charge in [-0.3, -0.25) is 4.79 Å². The van der Waals surface area contributed by atoms with E-state index in [0.717, 1.165) is 0 Å². The lowest BCUT2D eigenvalue weighted by atomic mass is 10.2. The van der Waals surface area contributed by atoms with Crippen LogP contribution in [0.2, 0.25) is 10.0 Å². The Morgan fingerprint density at radius 2 is 1.89 bits per heavy atom. The van der Waals surface area contributed by atoms with Crippen LogP contribution in [-0.4, -0.2) is 37.2 Å². The predicted octanol–water partition coefficient (Wildman–Crippen LogP) is 1.72. The van der Waals surface area contributed by atoms with Crippen molar-refractivity contribution in [2.24, 2.45) is 0 Å². The molecule has 18 heavy (non-hydrogen) atoms. The largest absolute Gasteiger partial charge is 0.494 e. The van der Waals surface area contributed by atoms with Crippen molar-refractivity contribution in [2.45, 2.75) is 0 Å². The van der Waals surface area contributed by atoms with Gasteiger partial charge in [0.15, 0.2) is 18.1 Å². The van der Waals surface area contributed by atoms with Gasteiger partial charge in [-0.15, -0.1) is 0 Å². The van der Waals surface area contributed by atoms with Crippen LogP contribution in [0.5, 0.6) is 5.75 Å². The third kappa shape index (κ3) is 3.35.